The largest absolute Gasteiger partial charge is 0.477 e. The van der Waals surface area contributed by atoms with Crippen molar-refractivity contribution in [1.29, 1.82) is 0 Å². The molecule has 0 aromatic rings. The molecule has 0 aliphatic heterocycles. The van der Waals surface area contributed by atoms with Crippen LogP contribution in [0.1, 0.15) is 219 Å². The molecule has 0 heterocycles. The van der Waals surface area contributed by atoms with Crippen molar-refractivity contribution in [3.63, 3.8) is 0 Å². The van der Waals surface area contributed by atoms with E-state index in [-0.39, 0.29) is 32.7 Å². The molecule has 0 bridgehead atoms. The topological polar surface area (TPSA) is 108 Å². The fourth-order valence-electron chi connectivity index (χ4n) is 7.82. The lowest BCUT2D eigenvalue weighted by Gasteiger charge is -2.25. The Hall–Kier alpha value is -4.57. The SMILES string of the molecule is CC/C=C\C/C=C\C/C=C\C/C=C\C/C=C\C/C=C\CCCCCCCCCCCCCCCCCCC(=O)OC(COC(=O)CCC/C=C\C/C=C\C/C=C\C/C=C\C/C=C\CC)COC(OCC[N+](C)(C)C)C(=O)O. The van der Waals surface area contributed by atoms with Gasteiger partial charge in [0.25, 0.3) is 6.29 Å². The predicted octanol–water partition coefficient (Wildman–Crippen LogP) is 18.2. The first-order chi connectivity index (χ1) is 37.6. The van der Waals surface area contributed by atoms with Crippen molar-refractivity contribution in [3.8, 4) is 0 Å². The van der Waals surface area contributed by atoms with E-state index in [1.807, 2.05) is 21.1 Å². The molecular weight excluding hydrogens is 959 g/mol. The van der Waals surface area contributed by atoms with E-state index in [1.54, 1.807) is 0 Å². The zero-order valence-corrected chi connectivity index (χ0v) is 49.6. The van der Waals surface area contributed by atoms with Crippen LogP contribution in [-0.2, 0) is 33.3 Å². The van der Waals surface area contributed by atoms with E-state index in [0.29, 0.717) is 23.9 Å². The molecular formula is C68H112NO8+. The molecule has 0 spiro atoms. The number of hydrogen-bond donors (Lipinski definition) is 1. The first kappa shape index (κ1) is 72.4. The average Bonchev–Trinajstić information content (AvgIpc) is 3.40. The highest BCUT2D eigenvalue weighted by atomic mass is 16.7. The fourth-order valence-corrected chi connectivity index (χ4v) is 7.82. The quantitative estimate of drug-likeness (QED) is 0.0211. The number of allylic oxidation sites excluding steroid dienone is 22. The number of carbonyl (C=O) groups is 3. The summed E-state index contributed by atoms with van der Waals surface area (Å²) in [4.78, 5) is 37.4. The Labute approximate surface area is 471 Å². The maximum atomic E-state index is 12.9. The molecule has 9 heteroatoms. The molecule has 0 fully saturated rings. The van der Waals surface area contributed by atoms with E-state index in [1.165, 1.54) is 83.5 Å². The van der Waals surface area contributed by atoms with Gasteiger partial charge >= 0.3 is 17.9 Å². The van der Waals surface area contributed by atoms with Crippen molar-refractivity contribution in [1.82, 2.24) is 0 Å². The molecule has 0 aromatic heterocycles. The Morgan fingerprint density at radius 3 is 1.08 bits per heavy atom. The van der Waals surface area contributed by atoms with Crippen LogP contribution < -0.4 is 0 Å². The minimum absolute atomic E-state index is 0.173. The molecule has 0 rings (SSSR count). The van der Waals surface area contributed by atoms with Crippen molar-refractivity contribution in [3.05, 3.63) is 134 Å². The highest BCUT2D eigenvalue weighted by molar-refractivity contribution is 5.71. The number of hydrogen-bond acceptors (Lipinski definition) is 7. The number of nitrogens with zero attached hydrogens (tertiary/aromatic N) is 1. The van der Waals surface area contributed by atoms with Crippen LogP contribution in [0.25, 0.3) is 0 Å². The van der Waals surface area contributed by atoms with Crippen LogP contribution in [0.3, 0.4) is 0 Å². The minimum Gasteiger partial charge on any atom is -0.477 e. The van der Waals surface area contributed by atoms with Crippen molar-refractivity contribution >= 4 is 17.9 Å². The number of quaternary nitrogens is 1. The third-order valence-corrected chi connectivity index (χ3v) is 12.4. The lowest BCUT2D eigenvalue weighted by Crippen LogP contribution is -2.40. The van der Waals surface area contributed by atoms with E-state index < -0.39 is 30.3 Å². The second kappa shape index (κ2) is 57.6. The van der Waals surface area contributed by atoms with Crippen LogP contribution in [0, 0.1) is 0 Å². The molecule has 0 aliphatic rings. The zero-order chi connectivity index (χ0) is 56.2. The van der Waals surface area contributed by atoms with Crippen LogP contribution in [0.15, 0.2) is 134 Å². The van der Waals surface area contributed by atoms with Gasteiger partial charge < -0.3 is 28.5 Å². The Morgan fingerprint density at radius 1 is 0.390 bits per heavy atom. The minimum atomic E-state index is -1.53. The number of carboxylic acids is 1. The molecule has 2 atom stereocenters. The number of rotatable bonds is 54. The highest BCUT2D eigenvalue weighted by Crippen LogP contribution is 2.16. The highest BCUT2D eigenvalue weighted by Gasteiger charge is 2.25. The number of carboxylic acid groups (broad SMARTS) is 1. The van der Waals surface area contributed by atoms with E-state index in [0.717, 1.165) is 96.3 Å². The molecule has 0 saturated heterocycles. The number of unbranched alkanes of at least 4 members (excludes halogenated alkanes) is 17. The van der Waals surface area contributed by atoms with E-state index in [4.69, 9.17) is 18.9 Å². The predicted molar refractivity (Wildman–Crippen MR) is 327 cm³/mol. The first-order valence-corrected chi connectivity index (χ1v) is 30.3. The Balaban J connectivity index is 4.19. The van der Waals surface area contributed by atoms with Crippen LogP contribution >= 0.6 is 0 Å². The van der Waals surface area contributed by atoms with Crippen LogP contribution in [0.5, 0.6) is 0 Å². The molecule has 1 N–H and O–H groups in total. The maximum absolute atomic E-state index is 12.9. The molecule has 0 amide bonds. The normalized spacial score (nSPS) is 13.7. The van der Waals surface area contributed by atoms with E-state index in [2.05, 4.69) is 148 Å². The fraction of sp³-hybridized carbons (Fsp3) is 0.632. The van der Waals surface area contributed by atoms with Crippen LogP contribution in [0.2, 0.25) is 0 Å². The summed E-state index contributed by atoms with van der Waals surface area (Å²) in [5, 5.41) is 9.70. The molecule has 77 heavy (non-hydrogen) atoms. The van der Waals surface area contributed by atoms with Crippen molar-refractivity contribution < 1.29 is 42.9 Å². The maximum Gasteiger partial charge on any atom is 0.361 e. The summed E-state index contributed by atoms with van der Waals surface area (Å²) in [5.74, 6) is -2.09. The van der Waals surface area contributed by atoms with Crippen molar-refractivity contribution in [2.24, 2.45) is 0 Å². The molecule has 0 saturated carbocycles. The van der Waals surface area contributed by atoms with Crippen LogP contribution in [-0.4, -0.2) is 87.4 Å². The van der Waals surface area contributed by atoms with Gasteiger partial charge in [0, 0.05) is 12.8 Å². The van der Waals surface area contributed by atoms with Gasteiger partial charge in [-0.05, 0) is 103 Å². The van der Waals surface area contributed by atoms with E-state index in [9.17, 15) is 19.5 Å². The Bertz CT molecular complexity index is 1720. The lowest BCUT2D eigenvalue weighted by molar-refractivity contribution is -0.870. The van der Waals surface area contributed by atoms with Gasteiger partial charge in [0.05, 0.1) is 34.4 Å². The molecule has 0 aromatic carbocycles. The van der Waals surface area contributed by atoms with Crippen molar-refractivity contribution in [2.75, 3.05) is 47.5 Å². The summed E-state index contributed by atoms with van der Waals surface area (Å²) < 4.78 is 22.8. The van der Waals surface area contributed by atoms with Gasteiger partial charge in [-0.1, -0.05) is 237 Å². The first-order valence-electron chi connectivity index (χ1n) is 30.3. The Kier molecular flexibility index (Phi) is 54.2. The summed E-state index contributed by atoms with van der Waals surface area (Å²) in [5.41, 5.74) is 0. The number of carbonyl (C=O) groups excluding carboxylic acids is 2. The Morgan fingerprint density at radius 2 is 0.714 bits per heavy atom. The summed E-state index contributed by atoms with van der Waals surface area (Å²) >= 11 is 0. The summed E-state index contributed by atoms with van der Waals surface area (Å²) in [7, 11) is 5.94. The molecule has 0 aliphatic carbocycles. The summed E-state index contributed by atoms with van der Waals surface area (Å²) in [6.07, 6.45) is 79.8. The monoisotopic (exact) mass is 1070 g/mol. The molecule has 2 unspecified atom stereocenters. The third-order valence-electron chi connectivity index (χ3n) is 12.4. The summed E-state index contributed by atoms with van der Waals surface area (Å²) in [6, 6.07) is 0. The molecule has 0 radical (unpaired) electrons. The number of aliphatic carboxylic acids is 1. The smallest absolute Gasteiger partial charge is 0.361 e. The van der Waals surface area contributed by atoms with Gasteiger partial charge in [-0.25, -0.2) is 4.79 Å². The van der Waals surface area contributed by atoms with Gasteiger partial charge in [-0.3, -0.25) is 9.59 Å². The standard InChI is InChI=1S/C68H111NO8/c1-6-8-10-12-14-16-18-20-22-24-25-26-27-28-29-30-31-32-33-34-35-36-37-38-39-40-41-43-45-47-49-51-53-55-57-59-66(71)77-64(63-76-68(67(72)73)74-61-60-69(3,4)5)62-75-65(70)58-56-54-52-50-48-46-44-42-23-21-19-17-15-13-11-9-7-2/h8-11,14-17,20-23,25-26,28-29,31-32,44,46,50,52,64,68H,6-7,12-13,18-19,24,27,30,33-43,45,47-49,51,53-63H2,1-5H3/p+1/b10-8-,11-9-,16-14-,17-15-,22-20-,23-21-,26-25-,29-28-,32-31-,46-44-,52-50-. The number of esters is 2. The van der Waals surface area contributed by atoms with E-state index >= 15 is 0 Å². The van der Waals surface area contributed by atoms with Gasteiger partial charge in [-0.15, -0.1) is 0 Å². The molecule has 9 nitrogen and oxygen atoms in total. The zero-order valence-electron chi connectivity index (χ0n) is 49.6. The van der Waals surface area contributed by atoms with Gasteiger partial charge in [-0.2, -0.15) is 0 Å². The number of ether oxygens (including phenoxy) is 4. The van der Waals surface area contributed by atoms with Gasteiger partial charge in [0.15, 0.2) is 6.10 Å². The number of likely N-dealkylation sites (N-methyl/N-ethyl adjacent to an activating group) is 1. The van der Waals surface area contributed by atoms with Gasteiger partial charge in [0.2, 0.25) is 0 Å². The van der Waals surface area contributed by atoms with Gasteiger partial charge in [0.1, 0.15) is 13.2 Å². The molecule has 436 valence electrons. The van der Waals surface area contributed by atoms with Crippen LogP contribution in [0.4, 0.5) is 0 Å². The van der Waals surface area contributed by atoms with Crippen molar-refractivity contribution in [2.45, 2.75) is 232 Å². The second-order valence-corrected chi connectivity index (χ2v) is 20.9. The average molecular weight is 1070 g/mol. The second-order valence-electron chi connectivity index (χ2n) is 20.9. The lowest BCUT2D eigenvalue weighted by atomic mass is 10.0. The summed E-state index contributed by atoms with van der Waals surface area (Å²) in [6.45, 7) is 4.57. The third kappa shape index (κ3) is 58.9.